The molecule has 0 aromatic heterocycles. The molecule has 1 rings (SSSR count). The summed E-state index contributed by atoms with van der Waals surface area (Å²) in [6.45, 7) is 8.92. The van der Waals surface area contributed by atoms with E-state index in [0.29, 0.717) is 12.0 Å². The molecular weight excluding hydrogens is 338 g/mol. The average Bonchev–Trinajstić information content (AvgIpc) is 2.49. The van der Waals surface area contributed by atoms with E-state index >= 15 is 0 Å². The van der Waals surface area contributed by atoms with Crippen LogP contribution in [0.15, 0.2) is 18.2 Å². The van der Waals surface area contributed by atoms with Gasteiger partial charge < -0.3 is 0 Å². The Kier molecular flexibility index (Phi) is 12.1. The van der Waals surface area contributed by atoms with Crippen molar-refractivity contribution in [1.82, 2.24) is 0 Å². The summed E-state index contributed by atoms with van der Waals surface area (Å²) in [5, 5.41) is 0. The predicted octanol–water partition coefficient (Wildman–Crippen LogP) is 7.31. The predicted molar refractivity (Wildman–Crippen MR) is 95.6 cm³/mol. The zero-order valence-electron chi connectivity index (χ0n) is 15.9. The van der Waals surface area contributed by atoms with Crippen LogP contribution in [0.5, 0.6) is 0 Å². The van der Waals surface area contributed by atoms with Crippen molar-refractivity contribution >= 4 is 0 Å². The van der Waals surface area contributed by atoms with Crippen LogP contribution in [0.2, 0.25) is 0 Å². The minimum Gasteiger partial charge on any atom is -0.207 e. The molecule has 3 heteroatoms. The Morgan fingerprint density at radius 2 is 1.67 bits per heavy atom. The van der Waals surface area contributed by atoms with Crippen molar-refractivity contribution in [2.45, 2.75) is 85.5 Å². The summed E-state index contributed by atoms with van der Waals surface area (Å²) in [5.41, 5.74) is 0.690. The van der Waals surface area contributed by atoms with E-state index in [2.05, 4.69) is 27.7 Å². The van der Waals surface area contributed by atoms with Crippen LogP contribution >= 0.6 is 0 Å². The smallest absolute Gasteiger partial charge is 0.129 e. The third-order valence-electron chi connectivity index (χ3n) is 4.94. The number of halogens is 2. The quantitative estimate of drug-likeness (QED) is 0.282. The second-order valence-electron chi connectivity index (χ2n) is 7.74. The summed E-state index contributed by atoms with van der Waals surface area (Å²) < 4.78 is 26.8. The molecule has 1 aromatic carbocycles. The molecule has 136 valence electrons. The summed E-state index contributed by atoms with van der Waals surface area (Å²) in [5.74, 6) is -0.0435. The van der Waals surface area contributed by atoms with Gasteiger partial charge in [0.2, 0.25) is 0 Å². The van der Waals surface area contributed by atoms with Crippen LogP contribution in [0.3, 0.4) is 0 Å². The maximum absolute atomic E-state index is 13.8. The van der Waals surface area contributed by atoms with E-state index in [1.54, 1.807) is 6.07 Å². The second kappa shape index (κ2) is 12.2. The Labute approximate surface area is 162 Å². The van der Waals surface area contributed by atoms with Crippen LogP contribution in [-0.2, 0) is 28.1 Å². The number of hydrogen-bond acceptors (Lipinski definition) is 0. The fourth-order valence-electron chi connectivity index (χ4n) is 3.35. The van der Waals surface area contributed by atoms with Gasteiger partial charge in [0.1, 0.15) is 11.6 Å². The largest absolute Gasteiger partial charge is 0.207 e. The Bertz CT molecular complexity index is 457. The molecule has 0 saturated heterocycles. The van der Waals surface area contributed by atoms with Gasteiger partial charge in [0, 0.05) is 27.8 Å². The summed E-state index contributed by atoms with van der Waals surface area (Å²) in [4.78, 5) is 0. The molecule has 0 aliphatic heterocycles. The third-order valence-corrected chi connectivity index (χ3v) is 4.94. The van der Waals surface area contributed by atoms with Gasteiger partial charge in [-0.25, -0.2) is 8.78 Å². The van der Waals surface area contributed by atoms with Gasteiger partial charge in [-0.2, -0.15) is 0 Å². The molecule has 0 N–H and O–H groups in total. The number of rotatable bonds is 11. The molecule has 24 heavy (non-hydrogen) atoms. The van der Waals surface area contributed by atoms with Gasteiger partial charge in [-0.3, -0.25) is 0 Å². The van der Waals surface area contributed by atoms with E-state index in [1.165, 1.54) is 51.0 Å². The fourth-order valence-corrected chi connectivity index (χ4v) is 3.35. The first-order valence-corrected chi connectivity index (χ1v) is 9.32. The first-order valence-electron chi connectivity index (χ1n) is 9.32. The SMILES string of the molecule is CCCCC(CC)CCCCC(C)(C)Cc1ccc(F)cc1F.[Ti]. The molecule has 1 atom stereocenters. The molecule has 0 spiro atoms. The van der Waals surface area contributed by atoms with Crippen molar-refractivity contribution in [2.75, 3.05) is 0 Å². The molecule has 0 radical (unpaired) electrons. The molecule has 0 heterocycles. The summed E-state index contributed by atoms with van der Waals surface area (Å²) in [6, 6.07) is 3.93. The van der Waals surface area contributed by atoms with Gasteiger partial charge in [0.05, 0.1) is 0 Å². The molecule has 0 saturated carbocycles. The first-order chi connectivity index (χ1) is 10.9. The molecule has 0 bridgehead atoms. The Morgan fingerprint density at radius 1 is 1.00 bits per heavy atom. The Hall–Kier alpha value is -0.206. The van der Waals surface area contributed by atoms with Gasteiger partial charge >= 0.3 is 0 Å². The molecule has 0 aliphatic rings. The molecule has 1 aromatic rings. The standard InChI is InChI=1S/C21H34F2.Ti/c1-5-7-10-17(6-2)11-8-9-14-21(3,4)16-18-12-13-19(22)15-20(18)23;/h12-13,15,17H,5-11,14,16H2,1-4H3;. The summed E-state index contributed by atoms with van der Waals surface area (Å²) in [6.07, 6.45) is 10.8. The maximum Gasteiger partial charge on any atom is 0.129 e. The molecular formula is C21H34F2Ti. The topological polar surface area (TPSA) is 0 Å². The maximum atomic E-state index is 13.8. The Balaban J connectivity index is 0.00000529. The van der Waals surface area contributed by atoms with Crippen LogP contribution in [-0.4, -0.2) is 0 Å². The van der Waals surface area contributed by atoms with Crippen molar-refractivity contribution in [1.29, 1.82) is 0 Å². The van der Waals surface area contributed by atoms with Gasteiger partial charge in [0.25, 0.3) is 0 Å². The fraction of sp³-hybridized carbons (Fsp3) is 0.714. The van der Waals surface area contributed by atoms with E-state index in [9.17, 15) is 8.78 Å². The van der Waals surface area contributed by atoms with E-state index in [-0.39, 0.29) is 27.1 Å². The molecule has 0 fully saturated rings. The molecule has 0 nitrogen and oxygen atoms in total. The number of hydrogen-bond donors (Lipinski definition) is 0. The van der Waals surface area contributed by atoms with Gasteiger partial charge in [0.15, 0.2) is 0 Å². The van der Waals surface area contributed by atoms with E-state index in [0.717, 1.165) is 18.4 Å². The van der Waals surface area contributed by atoms with Crippen LogP contribution in [0.1, 0.15) is 84.6 Å². The first kappa shape index (κ1) is 23.8. The van der Waals surface area contributed by atoms with Crippen molar-refractivity contribution in [3.63, 3.8) is 0 Å². The van der Waals surface area contributed by atoms with Gasteiger partial charge in [-0.15, -0.1) is 0 Å². The number of unbranched alkanes of at least 4 members (excludes halogenated alkanes) is 2. The van der Waals surface area contributed by atoms with E-state index in [4.69, 9.17) is 0 Å². The molecule has 0 amide bonds. The van der Waals surface area contributed by atoms with Crippen LogP contribution in [0, 0.1) is 23.0 Å². The van der Waals surface area contributed by atoms with Crippen LogP contribution in [0.4, 0.5) is 8.78 Å². The summed E-state index contributed by atoms with van der Waals surface area (Å²) >= 11 is 0. The van der Waals surface area contributed by atoms with Gasteiger partial charge in [-0.05, 0) is 35.8 Å². The van der Waals surface area contributed by atoms with Crippen LogP contribution in [0.25, 0.3) is 0 Å². The van der Waals surface area contributed by atoms with Crippen molar-refractivity contribution < 1.29 is 30.5 Å². The van der Waals surface area contributed by atoms with Crippen LogP contribution < -0.4 is 0 Å². The average molecular weight is 372 g/mol. The normalized spacial score (nSPS) is 12.8. The minimum atomic E-state index is -0.498. The zero-order valence-corrected chi connectivity index (χ0v) is 17.5. The van der Waals surface area contributed by atoms with E-state index < -0.39 is 11.6 Å². The van der Waals surface area contributed by atoms with Crippen molar-refractivity contribution in [2.24, 2.45) is 11.3 Å². The monoisotopic (exact) mass is 372 g/mol. The Morgan fingerprint density at radius 3 is 2.25 bits per heavy atom. The zero-order chi connectivity index (χ0) is 17.3. The van der Waals surface area contributed by atoms with E-state index in [1.807, 2.05) is 0 Å². The second-order valence-corrected chi connectivity index (χ2v) is 7.74. The third kappa shape index (κ3) is 9.32. The number of benzene rings is 1. The van der Waals surface area contributed by atoms with Crippen molar-refractivity contribution in [3.05, 3.63) is 35.4 Å². The van der Waals surface area contributed by atoms with Gasteiger partial charge in [-0.1, -0.05) is 78.7 Å². The van der Waals surface area contributed by atoms with Crippen molar-refractivity contribution in [3.8, 4) is 0 Å². The molecule has 1 unspecified atom stereocenters. The summed E-state index contributed by atoms with van der Waals surface area (Å²) in [7, 11) is 0. The minimum absolute atomic E-state index is 0. The molecule has 0 aliphatic carbocycles.